The van der Waals surface area contributed by atoms with E-state index < -0.39 is 0 Å². The normalized spacial score (nSPS) is 46.7. The van der Waals surface area contributed by atoms with E-state index in [1.807, 2.05) is 0 Å². The zero-order chi connectivity index (χ0) is 21.1. The van der Waals surface area contributed by atoms with Crippen LogP contribution in [-0.2, 0) is 11.8 Å². The molecule has 1 aromatic carbocycles. The molecule has 162 valence electrons. The zero-order valence-electron chi connectivity index (χ0n) is 19.5. The third-order valence-electron chi connectivity index (χ3n) is 11.4. The van der Waals surface area contributed by atoms with Crippen LogP contribution in [0.3, 0.4) is 0 Å². The highest BCUT2D eigenvalue weighted by Crippen LogP contribution is 2.72. The van der Waals surface area contributed by atoms with Gasteiger partial charge in [-0.1, -0.05) is 46.8 Å². The van der Waals surface area contributed by atoms with Crippen LogP contribution in [0.2, 0.25) is 0 Å². The highest BCUT2D eigenvalue weighted by atomic mass is 16.3. The Hall–Kier alpha value is -1.28. The summed E-state index contributed by atoms with van der Waals surface area (Å²) in [5, 5.41) is 12.4. The molecular weight excluding hydrogens is 366 g/mol. The third-order valence-corrected chi connectivity index (χ3v) is 11.4. The lowest BCUT2D eigenvalue weighted by Gasteiger charge is -2.69. The number of rotatable bonds is 0. The van der Waals surface area contributed by atoms with Gasteiger partial charge in [0.1, 0.15) is 0 Å². The fourth-order valence-electron chi connectivity index (χ4n) is 9.89. The number of fused-ring (bicyclic) bond motifs is 6. The smallest absolute Gasteiger partial charge is 0.0594 e. The lowest BCUT2D eigenvalue weighted by molar-refractivity contribution is -0.203. The van der Waals surface area contributed by atoms with Gasteiger partial charge in [-0.2, -0.15) is 0 Å². The molecule has 1 heterocycles. The first-order valence-corrected chi connectivity index (χ1v) is 12.4. The van der Waals surface area contributed by atoms with Gasteiger partial charge in [0.15, 0.2) is 0 Å². The maximum atomic E-state index is 10.8. The predicted octanol–water partition coefficient (Wildman–Crippen LogP) is 6.61. The van der Waals surface area contributed by atoms with E-state index >= 15 is 0 Å². The molecule has 1 aromatic heterocycles. The van der Waals surface area contributed by atoms with Crippen molar-refractivity contribution in [3.05, 3.63) is 35.5 Å². The molecule has 4 aliphatic rings. The van der Waals surface area contributed by atoms with Gasteiger partial charge < -0.3 is 10.1 Å². The van der Waals surface area contributed by atoms with E-state index in [1.54, 1.807) is 11.1 Å². The van der Waals surface area contributed by atoms with Crippen molar-refractivity contribution < 1.29 is 5.11 Å². The summed E-state index contributed by atoms with van der Waals surface area (Å²) in [6.45, 7) is 12.6. The van der Waals surface area contributed by atoms with Crippen LogP contribution in [-0.4, -0.2) is 16.2 Å². The lowest BCUT2D eigenvalue weighted by Crippen LogP contribution is -2.64. The molecule has 3 fully saturated rings. The third kappa shape index (κ3) is 2.10. The second-order valence-electron chi connectivity index (χ2n) is 12.8. The molecule has 7 atom stereocenters. The molecule has 6 rings (SSSR count). The number of H-pyrrole nitrogens is 1. The number of nitrogens with one attached hydrogen (secondary N) is 1. The highest BCUT2D eigenvalue weighted by molar-refractivity contribution is 5.88. The molecular formula is C28H39NO. The number of aliphatic hydroxyl groups is 1. The van der Waals surface area contributed by atoms with Gasteiger partial charge in [0.2, 0.25) is 0 Å². The summed E-state index contributed by atoms with van der Waals surface area (Å²) in [7, 11) is 0. The Balaban J connectivity index is 1.47. The summed E-state index contributed by atoms with van der Waals surface area (Å²) in [5.41, 5.74) is 5.56. The van der Waals surface area contributed by atoms with Crippen molar-refractivity contribution in [3.63, 3.8) is 0 Å². The van der Waals surface area contributed by atoms with Crippen molar-refractivity contribution >= 4 is 10.9 Å². The quantitative estimate of drug-likeness (QED) is 0.508. The molecule has 2 aromatic rings. The molecule has 2 heteroatoms. The summed E-state index contributed by atoms with van der Waals surface area (Å²) in [4.78, 5) is 3.57. The Morgan fingerprint density at radius 3 is 2.37 bits per heavy atom. The van der Waals surface area contributed by atoms with Crippen LogP contribution in [0.15, 0.2) is 24.4 Å². The molecule has 0 amide bonds. The van der Waals surface area contributed by atoms with Crippen molar-refractivity contribution in [1.29, 1.82) is 0 Å². The van der Waals surface area contributed by atoms with Gasteiger partial charge >= 0.3 is 0 Å². The molecule has 0 radical (unpaired) electrons. The standard InChI is InChI=1S/C28H39NO/c1-25(2)20-9-13-28(5)21(27(20,4)14-11-23(25)30)10-12-26(3)18-7-6-8-19-24(18)17(16-29-19)15-22(26)28/h6-8,16,20-23,29-30H,9-15H2,1-5H3/t20-,21+,22+,23-,26+,27-,28+/m1/s1. The van der Waals surface area contributed by atoms with E-state index in [0.29, 0.717) is 22.7 Å². The first kappa shape index (κ1) is 19.4. The Morgan fingerprint density at radius 2 is 1.57 bits per heavy atom. The van der Waals surface area contributed by atoms with Crippen molar-refractivity contribution in [1.82, 2.24) is 4.98 Å². The molecule has 0 aliphatic heterocycles. The zero-order valence-corrected chi connectivity index (χ0v) is 19.5. The van der Waals surface area contributed by atoms with Gasteiger partial charge in [-0.3, -0.25) is 0 Å². The summed E-state index contributed by atoms with van der Waals surface area (Å²) in [5.74, 6) is 2.13. The number of aromatic amines is 1. The summed E-state index contributed by atoms with van der Waals surface area (Å²) in [6.07, 6.45) is 10.8. The van der Waals surface area contributed by atoms with Crippen LogP contribution >= 0.6 is 0 Å². The maximum absolute atomic E-state index is 10.8. The number of aliphatic hydroxyl groups excluding tert-OH is 1. The second kappa shape index (κ2) is 5.74. The minimum absolute atomic E-state index is 0.0427. The van der Waals surface area contributed by atoms with E-state index in [1.165, 1.54) is 49.4 Å². The van der Waals surface area contributed by atoms with E-state index in [0.717, 1.165) is 12.3 Å². The Labute approximate surface area is 181 Å². The Kier molecular flexibility index (Phi) is 3.71. The minimum atomic E-state index is -0.136. The first-order valence-electron chi connectivity index (χ1n) is 12.4. The molecule has 3 saturated carbocycles. The Morgan fingerprint density at radius 1 is 0.867 bits per heavy atom. The Bertz CT molecular complexity index is 1020. The first-order chi connectivity index (χ1) is 14.1. The molecule has 2 nitrogen and oxygen atoms in total. The topological polar surface area (TPSA) is 36.0 Å². The van der Waals surface area contributed by atoms with Gasteiger partial charge in [-0.25, -0.2) is 0 Å². The van der Waals surface area contributed by atoms with Crippen LogP contribution in [0.25, 0.3) is 10.9 Å². The minimum Gasteiger partial charge on any atom is -0.393 e. The van der Waals surface area contributed by atoms with Gasteiger partial charge in [-0.15, -0.1) is 0 Å². The lowest BCUT2D eigenvalue weighted by atomic mass is 9.35. The van der Waals surface area contributed by atoms with Crippen LogP contribution in [0.5, 0.6) is 0 Å². The van der Waals surface area contributed by atoms with Crippen molar-refractivity contribution in [2.75, 3.05) is 0 Å². The second-order valence-corrected chi connectivity index (χ2v) is 12.8. The fourth-order valence-corrected chi connectivity index (χ4v) is 9.89. The van der Waals surface area contributed by atoms with Crippen molar-refractivity contribution in [2.45, 2.75) is 91.1 Å². The van der Waals surface area contributed by atoms with Gasteiger partial charge in [-0.05, 0) is 102 Å². The monoisotopic (exact) mass is 405 g/mol. The number of benzene rings is 1. The molecule has 0 saturated heterocycles. The number of aromatic nitrogens is 1. The van der Waals surface area contributed by atoms with Gasteiger partial charge in [0.05, 0.1) is 6.10 Å². The number of hydrogen-bond donors (Lipinski definition) is 2. The van der Waals surface area contributed by atoms with E-state index in [4.69, 9.17) is 0 Å². The highest BCUT2D eigenvalue weighted by Gasteiger charge is 2.66. The van der Waals surface area contributed by atoms with E-state index in [2.05, 4.69) is 64.0 Å². The van der Waals surface area contributed by atoms with Crippen LogP contribution in [0.4, 0.5) is 0 Å². The average molecular weight is 406 g/mol. The summed E-state index contributed by atoms with van der Waals surface area (Å²) < 4.78 is 0. The average Bonchev–Trinajstić information content (AvgIpc) is 3.11. The largest absolute Gasteiger partial charge is 0.393 e. The van der Waals surface area contributed by atoms with Crippen molar-refractivity contribution in [3.8, 4) is 0 Å². The molecule has 0 bridgehead atoms. The number of hydrogen-bond acceptors (Lipinski definition) is 1. The predicted molar refractivity (Wildman–Crippen MR) is 124 cm³/mol. The van der Waals surface area contributed by atoms with Crippen LogP contribution in [0.1, 0.15) is 84.3 Å². The van der Waals surface area contributed by atoms with Gasteiger partial charge in [0, 0.05) is 17.1 Å². The molecule has 2 N–H and O–H groups in total. The molecule has 0 spiro atoms. The molecule has 4 aliphatic carbocycles. The fraction of sp³-hybridized carbons (Fsp3) is 0.714. The van der Waals surface area contributed by atoms with Crippen LogP contribution < -0.4 is 0 Å². The SMILES string of the molecule is CC1(C)[C@H](O)CC[C@@]2(C)[C@@H]3CC[C@@]4(C)c5cccc6[nH]cc(c56)C[C@@H]4[C@@]3(C)CC[C@H]12. The molecule has 0 unspecified atom stereocenters. The van der Waals surface area contributed by atoms with E-state index in [9.17, 15) is 5.11 Å². The molecule has 30 heavy (non-hydrogen) atoms. The summed E-state index contributed by atoms with van der Waals surface area (Å²) >= 11 is 0. The van der Waals surface area contributed by atoms with Crippen molar-refractivity contribution in [2.24, 2.45) is 34.0 Å². The summed E-state index contributed by atoms with van der Waals surface area (Å²) in [6, 6.07) is 6.95. The van der Waals surface area contributed by atoms with E-state index in [-0.39, 0.29) is 16.9 Å². The maximum Gasteiger partial charge on any atom is 0.0594 e. The van der Waals surface area contributed by atoms with Crippen LogP contribution in [0, 0.1) is 34.0 Å². The van der Waals surface area contributed by atoms with Gasteiger partial charge in [0.25, 0.3) is 0 Å².